The number of benzene rings is 2. The summed E-state index contributed by atoms with van der Waals surface area (Å²) >= 11 is 0. The Morgan fingerprint density at radius 2 is 1.67 bits per heavy atom. The maximum atomic E-state index is 12.6. The van der Waals surface area contributed by atoms with Gasteiger partial charge in [0.25, 0.3) is 0 Å². The average Bonchev–Trinajstić information content (AvgIpc) is 3.05. The molecule has 2 amide bonds. The third kappa shape index (κ3) is 5.85. The van der Waals surface area contributed by atoms with Gasteiger partial charge in [0, 0.05) is 30.4 Å². The molecule has 3 N–H and O–H groups in total. The molecule has 0 saturated carbocycles. The van der Waals surface area contributed by atoms with Crippen molar-refractivity contribution in [3.8, 4) is 5.69 Å². The van der Waals surface area contributed by atoms with Gasteiger partial charge in [-0.1, -0.05) is 18.2 Å². The zero-order valence-electron chi connectivity index (χ0n) is 18.9. The molecular weight excluding hydrogens is 442 g/mol. The molecule has 0 fully saturated rings. The van der Waals surface area contributed by atoms with E-state index < -0.39 is 22.0 Å². The summed E-state index contributed by atoms with van der Waals surface area (Å²) in [6.07, 6.45) is 0. The monoisotopic (exact) mass is 469 g/mol. The van der Waals surface area contributed by atoms with Crippen molar-refractivity contribution in [2.45, 2.75) is 45.2 Å². The van der Waals surface area contributed by atoms with E-state index in [2.05, 4.69) is 20.5 Å². The summed E-state index contributed by atoms with van der Waals surface area (Å²) in [4.78, 5) is 23.7. The van der Waals surface area contributed by atoms with E-state index in [4.69, 9.17) is 0 Å². The molecule has 0 aliphatic rings. The molecular formula is C23H27N5O4S. The Balaban J connectivity index is 1.64. The summed E-state index contributed by atoms with van der Waals surface area (Å²) in [6.45, 7) is 6.85. The minimum absolute atomic E-state index is 0.00733. The Labute approximate surface area is 193 Å². The zero-order valence-corrected chi connectivity index (χ0v) is 19.7. The number of carbonyl (C=O) groups excluding carboxylic acids is 2. The molecule has 1 atom stereocenters. The highest BCUT2D eigenvalue weighted by molar-refractivity contribution is 7.89. The van der Waals surface area contributed by atoms with Crippen molar-refractivity contribution >= 4 is 27.5 Å². The Hall–Kier alpha value is -3.50. The normalized spacial score (nSPS) is 12.2. The fraction of sp³-hybridized carbons (Fsp3) is 0.261. The number of sulfonamides is 1. The molecule has 3 rings (SSSR count). The van der Waals surface area contributed by atoms with Gasteiger partial charge in [0.05, 0.1) is 22.3 Å². The van der Waals surface area contributed by atoms with Gasteiger partial charge in [-0.05, 0) is 57.2 Å². The van der Waals surface area contributed by atoms with Gasteiger partial charge in [0.2, 0.25) is 21.8 Å². The minimum Gasteiger partial charge on any atom is -0.351 e. The Kier molecular flexibility index (Phi) is 7.29. The summed E-state index contributed by atoms with van der Waals surface area (Å²) < 4.78 is 29.5. The third-order valence-electron chi connectivity index (χ3n) is 5.09. The van der Waals surface area contributed by atoms with Gasteiger partial charge in [-0.3, -0.25) is 9.59 Å². The van der Waals surface area contributed by atoms with Gasteiger partial charge >= 0.3 is 0 Å². The first-order chi connectivity index (χ1) is 15.6. The van der Waals surface area contributed by atoms with Crippen LogP contribution in [0.4, 0.5) is 5.69 Å². The van der Waals surface area contributed by atoms with E-state index in [0.29, 0.717) is 5.69 Å². The molecule has 0 spiro atoms. The number of aromatic nitrogens is 2. The van der Waals surface area contributed by atoms with E-state index in [9.17, 15) is 18.0 Å². The van der Waals surface area contributed by atoms with E-state index in [1.165, 1.54) is 38.1 Å². The zero-order chi connectivity index (χ0) is 24.2. The van der Waals surface area contributed by atoms with Crippen molar-refractivity contribution in [2.75, 3.05) is 5.32 Å². The number of aryl methyl sites for hydroxylation is 1. The van der Waals surface area contributed by atoms with Crippen molar-refractivity contribution in [1.82, 2.24) is 19.8 Å². The lowest BCUT2D eigenvalue weighted by Gasteiger charge is -2.15. The van der Waals surface area contributed by atoms with Crippen LogP contribution in [0.15, 0.2) is 59.5 Å². The quantitative estimate of drug-likeness (QED) is 0.468. The molecule has 174 valence electrons. The van der Waals surface area contributed by atoms with Crippen molar-refractivity contribution in [3.05, 3.63) is 71.5 Å². The molecule has 9 nitrogen and oxygen atoms in total. The molecule has 10 heteroatoms. The summed E-state index contributed by atoms with van der Waals surface area (Å²) in [7, 11) is -3.92. The van der Waals surface area contributed by atoms with Crippen LogP contribution >= 0.6 is 0 Å². The Morgan fingerprint density at radius 1 is 1.03 bits per heavy atom. The smallest absolute Gasteiger partial charge is 0.241 e. The van der Waals surface area contributed by atoms with E-state index in [-0.39, 0.29) is 17.3 Å². The van der Waals surface area contributed by atoms with Gasteiger partial charge < -0.3 is 10.6 Å². The highest BCUT2D eigenvalue weighted by Gasteiger charge is 2.23. The van der Waals surface area contributed by atoms with E-state index in [0.717, 1.165) is 22.6 Å². The predicted octanol–water partition coefficient (Wildman–Crippen LogP) is 2.43. The molecule has 0 aliphatic carbocycles. The van der Waals surface area contributed by atoms with Gasteiger partial charge in [-0.25, -0.2) is 13.1 Å². The standard InChI is InChI=1S/C23H27N5O4S/c1-15-22(17(3)28(26-15)20-8-6-5-7-9-20)14-24-23(30)16(2)27-33(31,32)21-12-10-19(11-13-21)25-18(4)29/h5-13,16,27H,14H2,1-4H3,(H,24,30)(H,25,29)/t16-/m0/s1. The second kappa shape index (κ2) is 9.97. The molecule has 33 heavy (non-hydrogen) atoms. The maximum Gasteiger partial charge on any atom is 0.241 e. The second-order valence-corrected chi connectivity index (χ2v) is 9.38. The summed E-state index contributed by atoms with van der Waals surface area (Å²) in [5.74, 6) is -0.714. The number of hydrogen-bond acceptors (Lipinski definition) is 5. The lowest BCUT2D eigenvalue weighted by molar-refractivity contribution is -0.122. The van der Waals surface area contributed by atoms with Crippen molar-refractivity contribution in [3.63, 3.8) is 0 Å². The number of carbonyl (C=O) groups is 2. The van der Waals surface area contributed by atoms with E-state index >= 15 is 0 Å². The largest absolute Gasteiger partial charge is 0.351 e. The van der Waals surface area contributed by atoms with Crippen LogP contribution < -0.4 is 15.4 Å². The number of amides is 2. The van der Waals surface area contributed by atoms with Crippen LogP contribution in [0.25, 0.3) is 5.69 Å². The van der Waals surface area contributed by atoms with E-state index in [1.54, 1.807) is 0 Å². The number of rotatable bonds is 8. The first-order valence-electron chi connectivity index (χ1n) is 10.4. The number of hydrogen-bond donors (Lipinski definition) is 3. The maximum absolute atomic E-state index is 12.6. The topological polar surface area (TPSA) is 122 Å². The first-order valence-corrected chi connectivity index (χ1v) is 11.8. The van der Waals surface area contributed by atoms with Crippen molar-refractivity contribution in [1.29, 1.82) is 0 Å². The lowest BCUT2D eigenvalue weighted by Crippen LogP contribution is -2.44. The molecule has 0 saturated heterocycles. The van der Waals surface area contributed by atoms with Crippen LogP contribution in [0.5, 0.6) is 0 Å². The molecule has 3 aromatic rings. The number of nitrogens with zero attached hydrogens (tertiary/aromatic N) is 2. The molecule has 0 aliphatic heterocycles. The summed E-state index contributed by atoms with van der Waals surface area (Å²) in [5.41, 5.74) is 3.95. The summed E-state index contributed by atoms with van der Waals surface area (Å²) in [5, 5.41) is 9.91. The Morgan fingerprint density at radius 3 is 2.27 bits per heavy atom. The minimum atomic E-state index is -3.92. The third-order valence-corrected chi connectivity index (χ3v) is 6.65. The highest BCUT2D eigenvalue weighted by Crippen LogP contribution is 2.18. The molecule has 0 bridgehead atoms. The van der Waals surface area contributed by atoms with Crippen LogP contribution in [-0.2, 0) is 26.2 Å². The van der Waals surface area contributed by atoms with Crippen LogP contribution in [0.3, 0.4) is 0 Å². The fourth-order valence-electron chi connectivity index (χ4n) is 3.35. The molecule has 0 radical (unpaired) electrons. The average molecular weight is 470 g/mol. The van der Waals surface area contributed by atoms with Crippen LogP contribution in [-0.4, -0.2) is 36.1 Å². The van der Waals surface area contributed by atoms with Gasteiger partial charge in [0.15, 0.2) is 0 Å². The molecule has 0 unspecified atom stereocenters. The molecule has 1 heterocycles. The predicted molar refractivity (Wildman–Crippen MR) is 125 cm³/mol. The Bertz CT molecular complexity index is 1250. The number of nitrogens with one attached hydrogen (secondary N) is 3. The number of anilines is 1. The fourth-order valence-corrected chi connectivity index (χ4v) is 4.56. The van der Waals surface area contributed by atoms with Crippen LogP contribution in [0.2, 0.25) is 0 Å². The second-order valence-electron chi connectivity index (χ2n) is 7.66. The molecule has 2 aromatic carbocycles. The highest BCUT2D eigenvalue weighted by atomic mass is 32.2. The van der Waals surface area contributed by atoms with E-state index in [1.807, 2.05) is 48.9 Å². The number of para-hydroxylation sites is 1. The van der Waals surface area contributed by atoms with Gasteiger partial charge in [-0.2, -0.15) is 9.82 Å². The molecule has 1 aromatic heterocycles. The summed E-state index contributed by atoms with van der Waals surface area (Å²) in [6, 6.07) is 14.4. The van der Waals surface area contributed by atoms with Crippen LogP contribution in [0.1, 0.15) is 30.8 Å². The SMILES string of the molecule is CC(=O)Nc1ccc(S(=O)(=O)N[C@@H](C)C(=O)NCc2c(C)nn(-c3ccccc3)c2C)cc1. The van der Waals surface area contributed by atoms with Gasteiger partial charge in [0.1, 0.15) is 0 Å². The van der Waals surface area contributed by atoms with Crippen molar-refractivity contribution in [2.24, 2.45) is 0 Å². The van der Waals surface area contributed by atoms with Crippen LogP contribution in [0, 0.1) is 13.8 Å². The lowest BCUT2D eigenvalue weighted by atomic mass is 10.2. The van der Waals surface area contributed by atoms with Crippen molar-refractivity contribution < 1.29 is 18.0 Å². The first kappa shape index (κ1) is 24.1. The van der Waals surface area contributed by atoms with Gasteiger partial charge in [-0.15, -0.1) is 0 Å².